The van der Waals surface area contributed by atoms with Crippen LogP contribution in [0.3, 0.4) is 0 Å². The molecule has 3 nitrogen and oxygen atoms in total. The Morgan fingerprint density at radius 2 is 2.12 bits per heavy atom. The molecule has 1 aromatic rings. The predicted octanol–water partition coefficient (Wildman–Crippen LogP) is 1.98. The summed E-state index contributed by atoms with van der Waals surface area (Å²) in [6.45, 7) is -0.259. The van der Waals surface area contributed by atoms with Crippen molar-refractivity contribution in [3.8, 4) is 5.75 Å². The normalized spacial score (nSPS) is 10.5. The second-order valence-corrected chi connectivity index (χ2v) is 3.65. The minimum absolute atomic E-state index is 0.113. The molecule has 17 heavy (non-hydrogen) atoms. The molecule has 0 amide bonds. The van der Waals surface area contributed by atoms with Crippen molar-refractivity contribution < 1.29 is 18.3 Å². The number of hydrogen-bond donors (Lipinski definition) is 1. The number of alkyl halides is 2. The van der Waals surface area contributed by atoms with Gasteiger partial charge in [0.2, 0.25) is 0 Å². The first-order chi connectivity index (χ1) is 8.09. The zero-order valence-electron chi connectivity index (χ0n) is 9.07. The summed E-state index contributed by atoms with van der Waals surface area (Å²) >= 11 is 4.82. The van der Waals surface area contributed by atoms with Crippen LogP contribution in [0.15, 0.2) is 24.3 Å². The molecule has 0 spiro atoms. The molecular formula is C11H13F2NO2S. The van der Waals surface area contributed by atoms with Crippen LogP contribution in [0.4, 0.5) is 8.78 Å². The monoisotopic (exact) mass is 261 g/mol. The Hall–Kier alpha value is -1.27. The number of ether oxygens (including phenoxy) is 2. The highest BCUT2D eigenvalue weighted by Gasteiger charge is 2.02. The maximum absolute atomic E-state index is 11.7. The van der Waals surface area contributed by atoms with Crippen LogP contribution in [0.25, 0.3) is 0 Å². The number of halogens is 2. The first kappa shape index (κ1) is 13.8. The van der Waals surface area contributed by atoms with Crippen LogP contribution in [0.1, 0.15) is 5.56 Å². The van der Waals surface area contributed by atoms with Gasteiger partial charge in [-0.3, -0.25) is 0 Å². The number of rotatable bonds is 7. The Morgan fingerprint density at radius 1 is 1.35 bits per heavy atom. The fourth-order valence-electron chi connectivity index (χ4n) is 1.13. The van der Waals surface area contributed by atoms with Gasteiger partial charge >= 0.3 is 0 Å². The summed E-state index contributed by atoms with van der Waals surface area (Å²) in [6.07, 6.45) is -2.45. The average Bonchev–Trinajstić information content (AvgIpc) is 2.28. The molecule has 1 rings (SSSR count). The Kier molecular flexibility index (Phi) is 5.79. The van der Waals surface area contributed by atoms with Crippen molar-refractivity contribution in [3.05, 3.63) is 29.8 Å². The van der Waals surface area contributed by atoms with Crippen LogP contribution in [0, 0.1) is 0 Å². The van der Waals surface area contributed by atoms with Crippen LogP contribution in [0.2, 0.25) is 0 Å². The van der Waals surface area contributed by atoms with Crippen LogP contribution in [-0.4, -0.2) is 31.2 Å². The number of benzene rings is 1. The third-order valence-electron chi connectivity index (χ3n) is 1.86. The summed E-state index contributed by atoms with van der Waals surface area (Å²) in [4.78, 5) is 0.282. The van der Waals surface area contributed by atoms with Crippen molar-refractivity contribution in [1.82, 2.24) is 0 Å². The van der Waals surface area contributed by atoms with Gasteiger partial charge in [0, 0.05) is 5.56 Å². The van der Waals surface area contributed by atoms with Crippen molar-refractivity contribution in [2.45, 2.75) is 6.43 Å². The van der Waals surface area contributed by atoms with Crippen molar-refractivity contribution in [2.24, 2.45) is 5.73 Å². The average molecular weight is 261 g/mol. The second-order valence-electron chi connectivity index (χ2n) is 3.21. The molecule has 0 heterocycles. The molecule has 0 radical (unpaired) electrons. The van der Waals surface area contributed by atoms with Gasteiger partial charge in [-0.25, -0.2) is 8.78 Å². The van der Waals surface area contributed by atoms with E-state index in [-0.39, 0.29) is 18.2 Å². The lowest BCUT2D eigenvalue weighted by molar-refractivity contribution is 0.00763. The molecule has 0 bridgehead atoms. The highest BCUT2D eigenvalue weighted by molar-refractivity contribution is 7.80. The molecule has 0 aliphatic carbocycles. The van der Waals surface area contributed by atoms with Gasteiger partial charge < -0.3 is 15.2 Å². The molecule has 0 atom stereocenters. The smallest absolute Gasteiger partial charge is 0.261 e. The van der Waals surface area contributed by atoms with Gasteiger partial charge in [0.1, 0.15) is 24.0 Å². The van der Waals surface area contributed by atoms with Crippen LogP contribution in [-0.2, 0) is 4.74 Å². The minimum atomic E-state index is -2.45. The fourth-order valence-corrected chi connectivity index (χ4v) is 1.26. The number of hydrogen-bond acceptors (Lipinski definition) is 3. The van der Waals surface area contributed by atoms with Crippen LogP contribution < -0.4 is 10.5 Å². The quantitative estimate of drug-likeness (QED) is 0.602. The van der Waals surface area contributed by atoms with Gasteiger partial charge in [-0.05, 0) is 12.1 Å². The Labute approximate surface area is 104 Å². The van der Waals surface area contributed by atoms with E-state index in [0.29, 0.717) is 11.3 Å². The largest absolute Gasteiger partial charge is 0.491 e. The zero-order chi connectivity index (χ0) is 12.7. The van der Waals surface area contributed by atoms with Gasteiger partial charge in [-0.15, -0.1) is 0 Å². The van der Waals surface area contributed by atoms with Crippen molar-refractivity contribution in [3.63, 3.8) is 0 Å². The first-order valence-electron chi connectivity index (χ1n) is 4.98. The lowest BCUT2D eigenvalue weighted by Crippen LogP contribution is -2.12. The summed E-state index contributed by atoms with van der Waals surface area (Å²) in [5, 5.41) is 0. The second kappa shape index (κ2) is 7.13. The standard InChI is InChI=1S/C11H13F2NO2S/c12-10(13)7-15-4-5-16-9-3-1-2-8(6-9)11(14)17/h1-3,6,10H,4-5,7H2,(H2,14,17). The molecule has 0 aliphatic rings. The predicted molar refractivity (Wildman–Crippen MR) is 64.6 cm³/mol. The van der Waals surface area contributed by atoms with Crippen molar-refractivity contribution in [1.29, 1.82) is 0 Å². The highest BCUT2D eigenvalue weighted by atomic mass is 32.1. The van der Waals surface area contributed by atoms with E-state index in [1.54, 1.807) is 24.3 Å². The van der Waals surface area contributed by atoms with E-state index in [4.69, 9.17) is 22.7 Å². The first-order valence-corrected chi connectivity index (χ1v) is 5.39. The molecule has 1 aromatic carbocycles. The molecule has 0 fully saturated rings. The molecule has 0 saturated carbocycles. The molecule has 2 N–H and O–H groups in total. The summed E-state index contributed by atoms with van der Waals surface area (Å²) in [7, 11) is 0. The highest BCUT2D eigenvalue weighted by Crippen LogP contribution is 2.13. The number of thiocarbonyl (C=S) groups is 1. The summed E-state index contributed by atoms with van der Waals surface area (Å²) < 4.78 is 33.4. The van der Waals surface area contributed by atoms with Gasteiger partial charge in [-0.1, -0.05) is 24.4 Å². The van der Waals surface area contributed by atoms with E-state index in [2.05, 4.69) is 4.74 Å². The molecule has 94 valence electrons. The molecule has 0 saturated heterocycles. The topological polar surface area (TPSA) is 44.5 Å². The molecule has 6 heteroatoms. The molecular weight excluding hydrogens is 248 g/mol. The minimum Gasteiger partial charge on any atom is -0.491 e. The third-order valence-corrected chi connectivity index (χ3v) is 2.09. The third kappa shape index (κ3) is 5.55. The van der Waals surface area contributed by atoms with Crippen LogP contribution >= 0.6 is 12.2 Å². The van der Waals surface area contributed by atoms with Gasteiger partial charge in [0.25, 0.3) is 6.43 Å². The van der Waals surface area contributed by atoms with Gasteiger partial charge in [0.05, 0.1) is 6.61 Å². The lowest BCUT2D eigenvalue weighted by Gasteiger charge is -2.08. The van der Waals surface area contributed by atoms with Crippen molar-refractivity contribution in [2.75, 3.05) is 19.8 Å². The van der Waals surface area contributed by atoms with E-state index in [1.807, 2.05) is 0 Å². The van der Waals surface area contributed by atoms with E-state index in [9.17, 15) is 8.78 Å². The summed E-state index contributed by atoms with van der Waals surface area (Å²) in [6, 6.07) is 6.94. The summed E-state index contributed by atoms with van der Waals surface area (Å²) in [5.41, 5.74) is 6.16. The Morgan fingerprint density at radius 3 is 2.76 bits per heavy atom. The zero-order valence-corrected chi connectivity index (χ0v) is 9.88. The molecule has 0 aliphatic heterocycles. The van der Waals surface area contributed by atoms with E-state index < -0.39 is 13.0 Å². The Balaban J connectivity index is 2.31. The maximum atomic E-state index is 11.7. The van der Waals surface area contributed by atoms with E-state index in [0.717, 1.165) is 0 Å². The summed E-state index contributed by atoms with van der Waals surface area (Å²) in [5.74, 6) is 0.580. The SMILES string of the molecule is NC(=S)c1cccc(OCCOCC(F)F)c1. The molecule has 0 aromatic heterocycles. The number of nitrogens with two attached hydrogens (primary N) is 1. The van der Waals surface area contributed by atoms with E-state index in [1.165, 1.54) is 0 Å². The van der Waals surface area contributed by atoms with Gasteiger partial charge in [0.15, 0.2) is 0 Å². The Bertz CT molecular complexity index is 374. The fraction of sp³-hybridized carbons (Fsp3) is 0.364. The van der Waals surface area contributed by atoms with Crippen molar-refractivity contribution >= 4 is 17.2 Å². The van der Waals surface area contributed by atoms with Crippen LogP contribution in [0.5, 0.6) is 5.75 Å². The lowest BCUT2D eigenvalue weighted by atomic mass is 10.2. The van der Waals surface area contributed by atoms with Gasteiger partial charge in [-0.2, -0.15) is 0 Å². The molecule has 0 unspecified atom stereocenters. The van der Waals surface area contributed by atoms with E-state index >= 15 is 0 Å². The maximum Gasteiger partial charge on any atom is 0.261 e.